The molecule has 2 rings (SSSR count). The fraction of sp³-hybridized carbons (Fsp3) is 0.250. The summed E-state index contributed by atoms with van der Waals surface area (Å²) in [5, 5.41) is 0. The van der Waals surface area contributed by atoms with Gasteiger partial charge in [0, 0.05) is 22.0 Å². The van der Waals surface area contributed by atoms with Gasteiger partial charge in [-0.1, -0.05) is 13.8 Å². The summed E-state index contributed by atoms with van der Waals surface area (Å²) in [6.45, 7) is 4.31. The lowest BCUT2D eigenvalue weighted by atomic mass is 10.2. The van der Waals surface area contributed by atoms with Gasteiger partial charge in [-0.05, 0) is 29.7 Å². The van der Waals surface area contributed by atoms with Crippen LogP contribution in [0.15, 0.2) is 30.5 Å². The average Bonchev–Trinajstić information content (AvgIpc) is 2.66. The van der Waals surface area contributed by atoms with Crippen molar-refractivity contribution in [3.05, 3.63) is 41.3 Å². The maximum absolute atomic E-state index is 12.9. The van der Waals surface area contributed by atoms with Gasteiger partial charge in [0.05, 0.1) is 0 Å². The molecule has 0 fully saturated rings. The van der Waals surface area contributed by atoms with Gasteiger partial charge >= 0.3 is 0 Å². The molecule has 0 aliphatic heterocycles. The molecule has 3 heteroatoms. The summed E-state index contributed by atoms with van der Waals surface area (Å²) in [5.41, 5.74) is 0.902. The Balaban J connectivity index is 2.37. The molecule has 0 unspecified atom stereocenters. The van der Waals surface area contributed by atoms with E-state index in [1.807, 2.05) is 12.1 Å². The van der Waals surface area contributed by atoms with Crippen LogP contribution in [-0.2, 0) is 0 Å². The monoisotopic (exact) mass is 221 g/mol. The number of thiophene rings is 1. The van der Waals surface area contributed by atoms with Crippen LogP contribution < -0.4 is 0 Å². The zero-order valence-corrected chi connectivity index (χ0v) is 9.51. The van der Waals surface area contributed by atoms with Crippen molar-refractivity contribution in [2.24, 2.45) is 0 Å². The van der Waals surface area contributed by atoms with Crippen molar-refractivity contribution >= 4 is 11.3 Å². The molecule has 0 amide bonds. The van der Waals surface area contributed by atoms with Crippen LogP contribution in [-0.4, -0.2) is 4.98 Å². The highest BCUT2D eigenvalue weighted by Crippen LogP contribution is 2.31. The smallest absolute Gasteiger partial charge is 0.213 e. The quantitative estimate of drug-likeness (QED) is 0.696. The second-order valence-corrected chi connectivity index (χ2v) is 4.84. The first-order valence-electron chi connectivity index (χ1n) is 4.88. The first-order valence-corrected chi connectivity index (χ1v) is 5.70. The zero-order chi connectivity index (χ0) is 10.8. The molecule has 0 atom stereocenters. The summed E-state index contributed by atoms with van der Waals surface area (Å²) in [7, 11) is 0. The van der Waals surface area contributed by atoms with E-state index in [4.69, 9.17) is 0 Å². The topological polar surface area (TPSA) is 12.9 Å². The largest absolute Gasteiger partial charge is 0.228 e. The van der Waals surface area contributed by atoms with Crippen LogP contribution in [0.4, 0.5) is 4.39 Å². The maximum atomic E-state index is 12.9. The Bertz CT molecular complexity index is 462. The lowest BCUT2D eigenvalue weighted by Gasteiger charge is -1.99. The van der Waals surface area contributed by atoms with E-state index in [-0.39, 0.29) is 0 Å². The minimum absolute atomic E-state index is 0.424. The average molecular weight is 221 g/mol. The lowest BCUT2D eigenvalue weighted by Crippen LogP contribution is -1.81. The van der Waals surface area contributed by atoms with Gasteiger partial charge < -0.3 is 0 Å². The van der Waals surface area contributed by atoms with E-state index in [1.165, 1.54) is 17.1 Å². The number of nitrogens with zero attached hydrogens (tertiary/aromatic N) is 1. The third-order valence-corrected chi connectivity index (χ3v) is 3.64. The number of halogens is 1. The highest BCUT2D eigenvalue weighted by atomic mass is 32.1. The molecule has 0 bridgehead atoms. The van der Waals surface area contributed by atoms with Crippen LogP contribution in [0, 0.1) is 5.95 Å². The first-order chi connectivity index (χ1) is 7.16. The number of rotatable bonds is 2. The van der Waals surface area contributed by atoms with E-state index in [2.05, 4.69) is 24.9 Å². The Labute approximate surface area is 92.6 Å². The van der Waals surface area contributed by atoms with Crippen molar-refractivity contribution in [1.29, 1.82) is 0 Å². The molecule has 2 aromatic rings. The number of hydrogen-bond donors (Lipinski definition) is 0. The normalized spacial score (nSPS) is 10.9. The molecule has 0 aromatic carbocycles. The molecule has 0 N–H and O–H groups in total. The van der Waals surface area contributed by atoms with Crippen LogP contribution in [0.25, 0.3) is 10.4 Å². The molecule has 0 radical (unpaired) electrons. The van der Waals surface area contributed by atoms with Gasteiger partial charge in [-0.2, -0.15) is 4.39 Å². The Morgan fingerprint density at radius 1 is 1.27 bits per heavy atom. The van der Waals surface area contributed by atoms with E-state index in [0.717, 1.165) is 10.4 Å². The molecule has 0 aliphatic rings. The highest BCUT2D eigenvalue weighted by Gasteiger charge is 2.06. The summed E-state index contributed by atoms with van der Waals surface area (Å²) < 4.78 is 12.9. The van der Waals surface area contributed by atoms with Crippen LogP contribution in [0.2, 0.25) is 0 Å². The van der Waals surface area contributed by atoms with Crippen LogP contribution in [0.3, 0.4) is 0 Å². The third-order valence-electron chi connectivity index (χ3n) is 2.21. The first kappa shape index (κ1) is 10.3. The van der Waals surface area contributed by atoms with E-state index >= 15 is 0 Å². The second-order valence-electron chi connectivity index (χ2n) is 3.72. The van der Waals surface area contributed by atoms with Crippen LogP contribution in [0.1, 0.15) is 24.6 Å². The number of pyridine rings is 1. The maximum Gasteiger partial charge on any atom is 0.213 e. The van der Waals surface area contributed by atoms with Gasteiger partial charge in [0.2, 0.25) is 5.95 Å². The van der Waals surface area contributed by atoms with Gasteiger partial charge in [0.15, 0.2) is 0 Å². The Morgan fingerprint density at radius 3 is 2.67 bits per heavy atom. The zero-order valence-electron chi connectivity index (χ0n) is 8.70. The van der Waals surface area contributed by atoms with Gasteiger partial charge in [0.25, 0.3) is 0 Å². The van der Waals surface area contributed by atoms with Gasteiger partial charge in [0.1, 0.15) is 0 Å². The van der Waals surface area contributed by atoms with Crippen molar-refractivity contribution < 1.29 is 4.39 Å². The minimum Gasteiger partial charge on any atom is -0.228 e. The molecule has 0 saturated heterocycles. The Morgan fingerprint density at radius 2 is 2.07 bits per heavy atom. The fourth-order valence-electron chi connectivity index (χ4n) is 1.37. The molecule has 0 aliphatic carbocycles. The molecular formula is C12H12FNS. The van der Waals surface area contributed by atoms with Crippen molar-refractivity contribution in [3.63, 3.8) is 0 Å². The number of hydrogen-bond acceptors (Lipinski definition) is 2. The molecule has 2 heterocycles. The fourth-order valence-corrected chi connectivity index (χ4v) is 2.38. The van der Waals surface area contributed by atoms with Crippen LogP contribution in [0.5, 0.6) is 0 Å². The Hall–Kier alpha value is -1.22. The predicted octanol–water partition coefficient (Wildman–Crippen LogP) is 4.07. The Kier molecular flexibility index (Phi) is 2.82. The minimum atomic E-state index is -0.424. The van der Waals surface area contributed by atoms with Crippen LogP contribution >= 0.6 is 11.3 Å². The summed E-state index contributed by atoms with van der Waals surface area (Å²) in [6, 6.07) is 7.44. The third kappa shape index (κ3) is 2.23. The van der Waals surface area contributed by atoms with Gasteiger partial charge in [-0.15, -0.1) is 11.3 Å². The predicted molar refractivity (Wildman–Crippen MR) is 61.6 cm³/mol. The molecule has 2 aromatic heterocycles. The SMILES string of the molecule is CC(C)c1ccc(-c2ccnc(F)c2)s1. The molecule has 0 spiro atoms. The van der Waals surface area contributed by atoms with E-state index in [1.54, 1.807) is 11.3 Å². The standard InChI is InChI=1S/C12H12FNS/c1-8(2)10-3-4-11(15-10)9-5-6-14-12(13)7-9/h3-8H,1-2H3. The second kappa shape index (κ2) is 4.11. The van der Waals surface area contributed by atoms with E-state index in [9.17, 15) is 4.39 Å². The molecule has 0 saturated carbocycles. The molecule has 78 valence electrons. The summed E-state index contributed by atoms with van der Waals surface area (Å²) >= 11 is 1.71. The molecule has 1 nitrogen and oxygen atoms in total. The van der Waals surface area contributed by atoms with Crippen molar-refractivity contribution in [3.8, 4) is 10.4 Å². The van der Waals surface area contributed by atoms with Gasteiger partial charge in [-0.25, -0.2) is 4.98 Å². The molecule has 15 heavy (non-hydrogen) atoms. The summed E-state index contributed by atoms with van der Waals surface area (Å²) in [6.07, 6.45) is 1.50. The van der Waals surface area contributed by atoms with E-state index < -0.39 is 5.95 Å². The lowest BCUT2D eigenvalue weighted by molar-refractivity contribution is 0.584. The van der Waals surface area contributed by atoms with Crippen molar-refractivity contribution in [1.82, 2.24) is 4.98 Å². The van der Waals surface area contributed by atoms with Gasteiger partial charge in [-0.3, -0.25) is 0 Å². The number of aromatic nitrogens is 1. The highest BCUT2D eigenvalue weighted by molar-refractivity contribution is 7.15. The van der Waals surface area contributed by atoms with Crippen molar-refractivity contribution in [2.45, 2.75) is 19.8 Å². The summed E-state index contributed by atoms with van der Waals surface area (Å²) in [4.78, 5) is 5.96. The molecular weight excluding hydrogens is 209 g/mol. The van der Waals surface area contributed by atoms with Crippen molar-refractivity contribution in [2.75, 3.05) is 0 Å². The van der Waals surface area contributed by atoms with E-state index in [0.29, 0.717) is 5.92 Å². The summed E-state index contributed by atoms with van der Waals surface area (Å²) in [5.74, 6) is 0.0995.